The number of carbonyl (C=O) groups is 1. The van der Waals surface area contributed by atoms with E-state index >= 15 is 0 Å². The summed E-state index contributed by atoms with van der Waals surface area (Å²) in [5.74, 6) is -0.854. The molecule has 1 amide bonds. The number of thiophene rings is 1. The second kappa shape index (κ2) is 9.36. The molecule has 0 bridgehead atoms. The number of hydrogen-bond acceptors (Lipinski definition) is 6. The van der Waals surface area contributed by atoms with Crippen molar-refractivity contribution >= 4 is 44.9 Å². The van der Waals surface area contributed by atoms with Gasteiger partial charge in [0.25, 0.3) is 0 Å². The predicted molar refractivity (Wildman–Crippen MR) is 115 cm³/mol. The minimum Gasteiger partial charge on any atom is -0.433 e. The van der Waals surface area contributed by atoms with Gasteiger partial charge in [-0.05, 0) is 29.8 Å². The first kappa shape index (κ1) is 21.1. The van der Waals surface area contributed by atoms with E-state index in [1.54, 1.807) is 18.2 Å². The van der Waals surface area contributed by atoms with E-state index in [9.17, 15) is 18.0 Å². The number of alkyl halides is 2. The quantitative estimate of drug-likeness (QED) is 0.277. The van der Waals surface area contributed by atoms with Gasteiger partial charge in [-0.25, -0.2) is 14.4 Å². The molecule has 0 unspecified atom stereocenters. The first-order valence-corrected chi connectivity index (χ1v) is 10.8. The first-order valence-electron chi connectivity index (χ1n) is 8.96. The van der Waals surface area contributed by atoms with Gasteiger partial charge >= 0.3 is 6.61 Å². The van der Waals surface area contributed by atoms with E-state index in [1.807, 2.05) is 5.38 Å². The lowest BCUT2D eigenvalue weighted by atomic mass is 10.1. The van der Waals surface area contributed by atoms with Gasteiger partial charge in [-0.1, -0.05) is 36.0 Å². The molecule has 2 aromatic carbocycles. The highest BCUT2D eigenvalue weighted by Crippen LogP contribution is 2.38. The van der Waals surface area contributed by atoms with E-state index in [0.29, 0.717) is 5.03 Å². The number of thioether (sulfide) groups is 1. The zero-order valence-electron chi connectivity index (χ0n) is 15.7. The highest BCUT2D eigenvalue weighted by Gasteiger charge is 2.16. The van der Waals surface area contributed by atoms with Crippen molar-refractivity contribution in [2.24, 2.45) is 0 Å². The van der Waals surface area contributed by atoms with Gasteiger partial charge in [0, 0.05) is 10.9 Å². The Morgan fingerprint density at radius 1 is 1.13 bits per heavy atom. The number of nitrogens with one attached hydrogen (secondary N) is 1. The SMILES string of the molecule is O=C(CSc1ncnc2scc(-c3ccc(F)cc3)c12)Nc1ccccc1OC(F)F. The van der Waals surface area contributed by atoms with E-state index in [0.717, 1.165) is 21.3 Å². The predicted octanol–water partition coefficient (Wildman–Crippen LogP) is 5.83. The Bertz CT molecular complexity index is 1220. The van der Waals surface area contributed by atoms with Crippen LogP contribution in [0.1, 0.15) is 0 Å². The smallest absolute Gasteiger partial charge is 0.387 e. The zero-order valence-corrected chi connectivity index (χ0v) is 17.4. The third-order valence-corrected chi connectivity index (χ3v) is 6.08. The summed E-state index contributed by atoms with van der Waals surface area (Å²) >= 11 is 2.62. The van der Waals surface area contributed by atoms with Gasteiger partial charge in [0.1, 0.15) is 27.8 Å². The van der Waals surface area contributed by atoms with E-state index in [4.69, 9.17) is 0 Å². The number of aromatic nitrogens is 2. The van der Waals surface area contributed by atoms with Crippen LogP contribution in [0.3, 0.4) is 0 Å². The standard InChI is InChI=1S/C21H14F3N3O2S2/c22-13-7-5-12(6-8-13)14-9-30-19-18(14)20(26-11-25-19)31-10-17(28)27-15-3-1-2-4-16(15)29-21(23)24/h1-9,11,21H,10H2,(H,27,28). The van der Waals surface area contributed by atoms with Gasteiger partial charge in [0.15, 0.2) is 0 Å². The number of fused-ring (bicyclic) bond motifs is 1. The van der Waals surface area contributed by atoms with Crippen molar-refractivity contribution in [3.05, 3.63) is 66.1 Å². The average molecular weight is 461 g/mol. The average Bonchev–Trinajstić information content (AvgIpc) is 3.19. The Labute approximate surface area is 183 Å². The summed E-state index contributed by atoms with van der Waals surface area (Å²) in [6.45, 7) is -3.00. The van der Waals surface area contributed by atoms with E-state index in [2.05, 4.69) is 20.0 Å². The molecule has 31 heavy (non-hydrogen) atoms. The topological polar surface area (TPSA) is 64.1 Å². The Morgan fingerprint density at radius 2 is 1.90 bits per heavy atom. The van der Waals surface area contributed by atoms with E-state index < -0.39 is 12.5 Å². The summed E-state index contributed by atoms with van der Waals surface area (Å²) in [5.41, 5.74) is 1.81. The van der Waals surface area contributed by atoms with Crippen molar-refractivity contribution in [1.29, 1.82) is 0 Å². The molecule has 0 aliphatic heterocycles. The van der Waals surface area contributed by atoms with Crippen LogP contribution in [0, 0.1) is 5.82 Å². The number of para-hydroxylation sites is 2. The number of benzene rings is 2. The molecule has 2 heterocycles. The van der Waals surface area contributed by atoms with Crippen LogP contribution >= 0.6 is 23.1 Å². The fourth-order valence-corrected chi connectivity index (χ4v) is 4.68. The lowest BCUT2D eigenvalue weighted by molar-refractivity contribution is -0.113. The van der Waals surface area contributed by atoms with E-state index in [1.165, 1.54) is 59.8 Å². The minimum atomic E-state index is -3.00. The number of ether oxygens (including phenoxy) is 1. The second-order valence-electron chi connectivity index (χ2n) is 6.23. The summed E-state index contributed by atoms with van der Waals surface area (Å²) in [6.07, 6.45) is 1.42. The molecular weight excluding hydrogens is 447 g/mol. The molecule has 158 valence electrons. The highest BCUT2D eigenvalue weighted by molar-refractivity contribution is 8.00. The molecule has 10 heteroatoms. The number of rotatable bonds is 7. The molecule has 0 saturated carbocycles. The Morgan fingerprint density at radius 3 is 2.68 bits per heavy atom. The maximum absolute atomic E-state index is 13.3. The highest BCUT2D eigenvalue weighted by atomic mass is 32.2. The fourth-order valence-electron chi connectivity index (χ4n) is 2.89. The lowest BCUT2D eigenvalue weighted by Crippen LogP contribution is -2.15. The van der Waals surface area contributed by atoms with Crippen LogP contribution in [0.5, 0.6) is 5.75 Å². The van der Waals surface area contributed by atoms with Crippen molar-refractivity contribution in [3.63, 3.8) is 0 Å². The summed E-state index contributed by atoms with van der Waals surface area (Å²) < 4.78 is 42.8. The molecule has 0 aliphatic rings. The summed E-state index contributed by atoms with van der Waals surface area (Å²) in [7, 11) is 0. The minimum absolute atomic E-state index is 0.00612. The van der Waals surface area contributed by atoms with Gasteiger partial charge in [0.05, 0.1) is 16.8 Å². The van der Waals surface area contributed by atoms with Gasteiger partial charge < -0.3 is 10.1 Å². The molecular formula is C21H14F3N3O2S2. The maximum atomic E-state index is 13.3. The number of amides is 1. The Kier molecular flexibility index (Phi) is 6.38. The first-order chi connectivity index (χ1) is 15.0. The summed E-state index contributed by atoms with van der Waals surface area (Å²) in [6, 6.07) is 12.1. The van der Waals surface area contributed by atoms with Crippen molar-refractivity contribution in [2.45, 2.75) is 11.6 Å². The Balaban J connectivity index is 1.53. The van der Waals surface area contributed by atoms with Crippen LogP contribution in [-0.4, -0.2) is 28.2 Å². The number of nitrogens with zero attached hydrogens (tertiary/aromatic N) is 2. The molecule has 0 atom stereocenters. The zero-order chi connectivity index (χ0) is 21.8. The Hall–Kier alpha value is -3.11. The molecule has 2 aromatic heterocycles. The van der Waals surface area contributed by atoms with Crippen molar-refractivity contribution in [1.82, 2.24) is 9.97 Å². The van der Waals surface area contributed by atoms with E-state index in [-0.39, 0.29) is 23.0 Å². The third-order valence-electron chi connectivity index (χ3n) is 4.21. The second-order valence-corrected chi connectivity index (χ2v) is 8.05. The van der Waals surface area contributed by atoms with Crippen LogP contribution in [0.25, 0.3) is 21.3 Å². The monoisotopic (exact) mass is 461 g/mol. The van der Waals surface area contributed by atoms with Crippen molar-refractivity contribution < 1.29 is 22.7 Å². The molecule has 0 fully saturated rings. The van der Waals surface area contributed by atoms with Gasteiger partial charge in [-0.15, -0.1) is 11.3 Å². The van der Waals surface area contributed by atoms with Crippen LogP contribution in [-0.2, 0) is 4.79 Å². The number of anilines is 1. The molecule has 0 spiro atoms. The van der Waals surface area contributed by atoms with Crippen molar-refractivity contribution in [2.75, 3.05) is 11.1 Å². The van der Waals surface area contributed by atoms with Crippen LogP contribution in [0.4, 0.5) is 18.9 Å². The van der Waals surface area contributed by atoms with Gasteiger partial charge in [0.2, 0.25) is 5.91 Å². The molecule has 4 aromatic rings. The van der Waals surface area contributed by atoms with Crippen LogP contribution < -0.4 is 10.1 Å². The van der Waals surface area contributed by atoms with Crippen LogP contribution in [0.15, 0.2) is 65.3 Å². The maximum Gasteiger partial charge on any atom is 0.387 e. The molecule has 0 radical (unpaired) electrons. The number of carbonyl (C=O) groups excluding carboxylic acids is 1. The fraction of sp³-hybridized carbons (Fsp3) is 0.0952. The molecule has 0 saturated heterocycles. The normalized spacial score (nSPS) is 11.1. The van der Waals surface area contributed by atoms with Gasteiger partial charge in [-0.3, -0.25) is 4.79 Å². The summed E-state index contributed by atoms with van der Waals surface area (Å²) in [5, 5.41) is 5.86. The number of halogens is 3. The number of hydrogen-bond donors (Lipinski definition) is 1. The van der Waals surface area contributed by atoms with Crippen LogP contribution in [0.2, 0.25) is 0 Å². The largest absolute Gasteiger partial charge is 0.433 e. The molecule has 0 aliphatic carbocycles. The third kappa shape index (κ3) is 4.97. The molecule has 1 N–H and O–H groups in total. The van der Waals surface area contributed by atoms with Gasteiger partial charge in [-0.2, -0.15) is 8.78 Å². The lowest BCUT2D eigenvalue weighted by Gasteiger charge is -2.11. The van der Waals surface area contributed by atoms with Crippen molar-refractivity contribution in [3.8, 4) is 16.9 Å². The molecule has 5 nitrogen and oxygen atoms in total. The summed E-state index contributed by atoms with van der Waals surface area (Å²) in [4.78, 5) is 21.7. The molecule has 4 rings (SSSR count).